The van der Waals surface area contributed by atoms with E-state index in [9.17, 15) is 19.8 Å². The third-order valence-electron chi connectivity index (χ3n) is 4.42. The molecule has 0 saturated carbocycles. The minimum Gasteiger partial charge on any atom is -0.481 e. The lowest BCUT2D eigenvalue weighted by atomic mass is 9.68. The molecule has 0 bridgehead atoms. The number of hydrogen-bond acceptors (Lipinski definition) is 2. The van der Waals surface area contributed by atoms with Gasteiger partial charge in [0.1, 0.15) is 11.3 Å². The first-order chi connectivity index (χ1) is 10.5. The summed E-state index contributed by atoms with van der Waals surface area (Å²) >= 11 is 0. The average Bonchev–Trinajstić information content (AvgIpc) is 2.51. The Hall–Kier alpha value is -2.10. The Labute approximate surface area is 130 Å². The van der Waals surface area contributed by atoms with E-state index in [4.69, 9.17) is 0 Å². The van der Waals surface area contributed by atoms with Gasteiger partial charge >= 0.3 is 11.9 Å². The largest absolute Gasteiger partial charge is 0.481 e. The maximum absolute atomic E-state index is 12.0. The van der Waals surface area contributed by atoms with Gasteiger partial charge in [-0.1, -0.05) is 69.0 Å². The minimum atomic E-state index is -1.10. The van der Waals surface area contributed by atoms with Gasteiger partial charge in [-0.2, -0.15) is 0 Å². The summed E-state index contributed by atoms with van der Waals surface area (Å²) in [6.07, 6.45) is 7.59. The van der Waals surface area contributed by atoms with Crippen LogP contribution >= 0.6 is 0 Å². The van der Waals surface area contributed by atoms with Gasteiger partial charge in [-0.3, -0.25) is 9.59 Å². The second-order valence-corrected chi connectivity index (χ2v) is 5.85. The number of unbranched alkanes of at least 4 members (excludes halogenated alkanes) is 3. The van der Waals surface area contributed by atoms with Gasteiger partial charge in [-0.05, 0) is 17.5 Å². The van der Waals surface area contributed by atoms with Crippen LogP contribution in [-0.2, 0) is 15.0 Å². The first-order valence-corrected chi connectivity index (χ1v) is 7.78. The number of aliphatic carboxylic acids is 2. The van der Waals surface area contributed by atoms with E-state index < -0.39 is 23.3 Å². The van der Waals surface area contributed by atoms with E-state index in [0.29, 0.717) is 17.5 Å². The van der Waals surface area contributed by atoms with Crippen LogP contribution in [0, 0.1) is 0 Å². The molecule has 0 aromatic heterocycles. The Morgan fingerprint density at radius 1 is 1.14 bits per heavy atom. The molecule has 2 N–H and O–H groups in total. The molecule has 0 fully saturated rings. The summed E-state index contributed by atoms with van der Waals surface area (Å²) in [4.78, 5) is 23.4. The highest BCUT2D eigenvalue weighted by Gasteiger charge is 2.43. The fourth-order valence-electron chi connectivity index (χ4n) is 3.19. The molecule has 0 unspecified atom stereocenters. The number of fused-ring (bicyclic) bond motifs is 1. The Morgan fingerprint density at radius 2 is 1.86 bits per heavy atom. The fraction of sp³-hybridized carbons (Fsp3) is 0.444. The first kappa shape index (κ1) is 16.3. The number of hydrogen-bond donors (Lipinski definition) is 2. The maximum atomic E-state index is 12.0. The van der Waals surface area contributed by atoms with E-state index in [1.54, 1.807) is 30.3 Å². The van der Waals surface area contributed by atoms with Gasteiger partial charge in [-0.25, -0.2) is 0 Å². The van der Waals surface area contributed by atoms with Crippen molar-refractivity contribution < 1.29 is 19.8 Å². The van der Waals surface area contributed by atoms with Gasteiger partial charge in [0.25, 0.3) is 0 Å². The van der Waals surface area contributed by atoms with Crippen molar-refractivity contribution in [3.63, 3.8) is 0 Å². The highest BCUT2D eigenvalue weighted by molar-refractivity contribution is 5.89. The zero-order chi connectivity index (χ0) is 16.2. The molecule has 22 heavy (non-hydrogen) atoms. The summed E-state index contributed by atoms with van der Waals surface area (Å²) in [7, 11) is 0. The van der Waals surface area contributed by atoms with E-state index in [1.165, 1.54) is 6.08 Å². The molecule has 0 amide bonds. The molecule has 1 aliphatic rings. The molecule has 118 valence electrons. The third-order valence-corrected chi connectivity index (χ3v) is 4.42. The number of rotatable bonds is 7. The lowest BCUT2D eigenvalue weighted by molar-refractivity contribution is -0.143. The zero-order valence-corrected chi connectivity index (χ0v) is 12.8. The summed E-state index contributed by atoms with van der Waals surface area (Å²) in [5.41, 5.74) is 0.111. The summed E-state index contributed by atoms with van der Waals surface area (Å²) in [6.45, 7) is 2.11. The highest BCUT2D eigenvalue weighted by Crippen LogP contribution is 2.41. The van der Waals surface area contributed by atoms with Crippen LogP contribution in [0.15, 0.2) is 36.4 Å². The molecule has 2 rings (SSSR count). The van der Waals surface area contributed by atoms with E-state index in [2.05, 4.69) is 6.92 Å². The lowest BCUT2D eigenvalue weighted by Gasteiger charge is -2.33. The van der Waals surface area contributed by atoms with Crippen LogP contribution < -0.4 is 0 Å². The molecule has 4 nitrogen and oxygen atoms in total. The van der Waals surface area contributed by atoms with Crippen LogP contribution in [0.3, 0.4) is 0 Å². The summed E-state index contributed by atoms with van der Waals surface area (Å²) < 4.78 is 0. The van der Waals surface area contributed by atoms with Gasteiger partial charge in [0, 0.05) is 0 Å². The summed E-state index contributed by atoms with van der Waals surface area (Å²) in [6, 6.07) is 7.02. The molecule has 0 radical (unpaired) electrons. The predicted octanol–water partition coefficient (Wildman–Crippen LogP) is 3.72. The highest BCUT2D eigenvalue weighted by atomic mass is 16.4. The van der Waals surface area contributed by atoms with Crippen LogP contribution in [-0.4, -0.2) is 22.2 Å². The number of carbonyl (C=O) groups is 2. The molecule has 4 heteroatoms. The van der Waals surface area contributed by atoms with Crippen molar-refractivity contribution >= 4 is 11.9 Å². The maximum Gasteiger partial charge on any atom is 0.318 e. The third kappa shape index (κ3) is 2.91. The van der Waals surface area contributed by atoms with Crippen LogP contribution in [0.4, 0.5) is 0 Å². The van der Waals surface area contributed by atoms with Crippen molar-refractivity contribution in [1.29, 1.82) is 0 Å². The van der Waals surface area contributed by atoms with E-state index in [-0.39, 0.29) is 0 Å². The lowest BCUT2D eigenvalue weighted by Crippen LogP contribution is -2.38. The normalized spacial score (nSPS) is 23.0. The van der Waals surface area contributed by atoms with Crippen LogP contribution in [0.5, 0.6) is 0 Å². The summed E-state index contributed by atoms with van der Waals surface area (Å²) in [5.74, 6) is -2.62. The molecular weight excluding hydrogens is 280 g/mol. The van der Waals surface area contributed by atoms with Crippen molar-refractivity contribution in [1.82, 2.24) is 0 Å². The topological polar surface area (TPSA) is 74.6 Å². The standard InChI is InChI=1S/C18H22O4/c1-2-3-4-7-11-18(17(21)22)12-10-14(16(19)20)13-8-5-6-9-15(13)18/h5-6,8-10,12,14H,2-4,7,11H2,1H3,(H,19,20)(H,21,22)/t14-,18-/m0/s1. The Kier molecular flexibility index (Phi) is 5.01. The smallest absolute Gasteiger partial charge is 0.318 e. The zero-order valence-electron chi connectivity index (χ0n) is 12.8. The van der Waals surface area contributed by atoms with E-state index in [1.807, 2.05) is 0 Å². The molecule has 0 heterocycles. The van der Waals surface area contributed by atoms with Gasteiger partial charge in [0.2, 0.25) is 0 Å². The van der Waals surface area contributed by atoms with Crippen molar-refractivity contribution in [3.8, 4) is 0 Å². The molecule has 1 aromatic carbocycles. The second kappa shape index (κ2) is 6.77. The molecule has 0 aliphatic heterocycles. The second-order valence-electron chi connectivity index (χ2n) is 5.85. The SMILES string of the molecule is CCCCCC[C@]1(C(=O)O)C=C[C@H](C(=O)O)c2ccccc21. The van der Waals surface area contributed by atoms with Crippen molar-refractivity contribution in [3.05, 3.63) is 47.5 Å². The fourth-order valence-corrected chi connectivity index (χ4v) is 3.19. The minimum absolute atomic E-state index is 0.502. The molecule has 0 spiro atoms. The monoisotopic (exact) mass is 302 g/mol. The number of carboxylic acids is 2. The summed E-state index contributed by atoms with van der Waals surface area (Å²) in [5, 5.41) is 19.2. The molecule has 0 saturated heterocycles. The van der Waals surface area contributed by atoms with Crippen molar-refractivity contribution in [2.75, 3.05) is 0 Å². The van der Waals surface area contributed by atoms with E-state index >= 15 is 0 Å². The molecule has 1 aromatic rings. The average molecular weight is 302 g/mol. The predicted molar refractivity (Wildman–Crippen MR) is 84.0 cm³/mol. The van der Waals surface area contributed by atoms with Gasteiger partial charge in [0.05, 0.1) is 0 Å². The van der Waals surface area contributed by atoms with Crippen LogP contribution in [0.2, 0.25) is 0 Å². The number of carboxylic acid groups (broad SMARTS) is 2. The van der Waals surface area contributed by atoms with Crippen molar-refractivity contribution in [2.24, 2.45) is 0 Å². The van der Waals surface area contributed by atoms with Gasteiger partial charge < -0.3 is 10.2 Å². The van der Waals surface area contributed by atoms with Crippen molar-refractivity contribution in [2.45, 2.75) is 50.4 Å². The van der Waals surface area contributed by atoms with Gasteiger partial charge in [-0.15, -0.1) is 0 Å². The molecule has 1 aliphatic carbocycles. The Morgan fingerprint density at radius 3 is 2.50 bits per heavy atom. The first-order valence-electron chi connectivity index (χ1n) is 7.78. The number of benzene rings is 1. The Bertz CT molecular complexity index is 591. The van der Waals surface area contributed by atoms with Crippen LogP contribution in [0.1, 0.15) is 56.1 Å². The van der Waals surface area contributed by atoms with Gasteiger partial charge in [0.15, 0.2) is 0 Å². The Balaban J connectivity index is 2.40. The van der Waals surface area contributed by atoms with E-state index in [0.717, 1.165) is 25.7 Å². The molecular formula is C18H22O4. The quantitative estimate of drug-likeness (QED) is 0.594. The van der Waals surface area contributed by atoms with Crippen LogP contribution in [0.25, 0.3) is 0 Å². The molecule has 2 atom stereocenters.